The van der Waals surface area contributed by atoms with Crippen LogP contribution in [-0.4, -0.2) is 102 Å². The van der Waals surface area contributed by atoms with E-state index in [1.54, 1.807) is 19.0 Å². The fourth-order valence-corrected chi connectivity index (χ4v) is 2.83. The first kappa shape index (κ1) is 22.6. The van der Waals surface area contributed by atoms with Crippen LogP contribution in [0.2, 0.25) is 0 Å². The van der Waals surface area contributed by atoms with Crippen LogP contribution in [0.3, 0.4) is 0 Å². The lowest BCUT2D eigenvalue weighted by molar-refractivity contribution is -0.130. The minimum atomic E-state index is -0.512. The highest BCUT2D eigenvalue weighted by atomic mass is 16.6. The molecule has 4 atom stereocenters. The third-order valence-corrected chi connectivity index (χ3v) is 4.46. The number of nitrogens with one attached hydrogen (secondary N) is 2. The quantitative estimate of drug-likeness (QED) is 0.489. The Balaban J connectivity index is 0.000000273. The molecule has 2 aliphatic rings. The summed E-state index contributed by atoms with van der Waals surface area (Å²) in [6, 6.07) is -0.106. The third-order valence-electron chi connectivity index (χ3n) is 4.46. The van der Waals surface area contributed by atoms with Crippen molar-refractivity contribution in [3.8, 4) is 0 Å². The van der Waals surface area contributed by atoms with Gasteiger partial charge >= 0.3 is 6.09 Å². The first-order valence-corrected chi connectivity index (χ1v) is 8.91. The molecule has 26 heavy (non-hydrogen) atoms. The van der Waals surface area contributed by atoms with Crippen LogP contribution in [0, 0.1) is 0 Å². The second-order valence-electron chi connectivity index (χ2n) is 7.77. The maximum atomic E-state index is 11.6. The number of rotatable bonds is 2. The summed E-state index contributed by atoms with van der Waals surface area (Å²) < 4.78 is 5.21. The zero-order valence-electron chi connectivity index (χ0n) is 16.7. The maximum Gasteiger partial charge on any atom is 0.410 e. The molecule has 152 valence electrons. The smallest absolute Gasteiger partial charge is 0.410 e. The van der Waals surface area contributed by atoms with Gasteiger partial charge in [0.15, 0.2) is 0 Å². The van der Waals surface area contributed by atoms with E-state index in [0.717, 1.165) is 0 Å². The number of hydrogen-bond donors (Lipinski definition) is 4. The van der Waals surface area contributed by atoms with Gasteiger partial charge in [-0.2, -0.15) is 0 Å². The number of likely N-dealkylation sites (tertiary alicyclic amines) is 1. The SMILES string of the molecule is CC(=O)N(C)[C@@H]1CNC[C@H]1O.CN[C@@H]1CN(C(=O)OC(C)(C)C)C[C@H]1O. The number of carbonyl (C=O) groups excluding carboxylic acids is 2. The van der Waals surface area contributed by atoms with E-state index >= 15 is 0 Å². The molecule has 2 saturated heterocycles. The average molecular weight is 374 g/mol. The number of carbonyl (C=O) groups is 2. The van der Waals surface area contributed by atoms with Gasteiger partial charge in [0, 0.05) is 33.6 Å². The van der Waals surface area contributed by atoms with Crippen LogP contribution in [0.15, 0.2) is 0 Å². The molecule has 0 radical (unpaired) electrons. The molecule has 0 spiro atoms. The Hall–Kier alpha value is -1.42. The summed E-state index contributed by atoms with van der Waals surface area (Å²) in [4.78, 5) is 25.6. The van der Waals surface area contributed by atoms with Crippen LogP contribution < -0.4 is 10.6 Å². The van der Waals surface area contributed by atoms with Crippen LogP contribution in [0.4, 0.5) is 4.79 Å². The molecule has 2 rings (SSSR count). The van der Waals surface area contributed by atoms with Gasteiger partial charge < -0.3 is 35.4 Å². The van der Waals surface area contributed by atoms with Gasteiger partial charge in [-0.3, -0.25) is 4.79 Å². The Kier molecular flexibility index (Phi) is 8.26. The van der Waals surface area contributed by atoms with Gasteiger partial charge in [-0.25, -0.2) is 4.79 Å². The molecule has 2 fully saturated rings. The second kappa shape index (κ2) is 9.50. The lowest BCUT2D eigenvalue weighted by Gasteiger charge is -2.24. The average Bonchev–Trinajstić information content (AvgIpc) is 3.11. The number of aliphatic hydroxyl groups excluding tert-OH is 2. The number of aliphatic hydroxyl groups is 2. The van der Waals surface area contributed by atoms with Crippen molar-refractivity contribution in [3.05, 3.63) is 0 Å². The summed E-state index contributed by atoms with van der Waals surface area (Å²) >= 11 is 0. The normalized spacial score (nSPS) is 28.4. The number of hydrogen-bond acceptors (Lipinski definition) is 7. The van der Waals surface area contributed by atoms with Crippen LogP contribution in [-0.2, 0) is 9.53 Å². The van der Waals surface area contributed by atoms with E-state index in [4.69, 9.17) is 4.74 Å². The molecule has 9 nitrogen and oxygen atoms in total. The van der Waals surface area contributed by atoms with Crippen molar-refractivity contribution >= 4 is 12.0 Å². The highest BCUT2D eigenvalue weighted by Crippen LogP contribution is 2.15. The molecule has 2 amide bonds. The minimum absolute atomic E-state index is 0.00208. The van der Waals surface area contributed by atoms with E-state index in [-0.39, 0.29) is 24.1 Å². The number of ether oxygens (including phenoxy) is 1. The van der Waals surface area contributed by atoms with Crippen LogP contribution in [0.1, 0.15) is 27.7 Å². The standard InChI is InChI=1S/C10H20N2O3.C7H14N2O2/c1-10(2,3)15-9(14)12-5-7(11-4)8(13)6-12;1-5(10)9(2)6-3-8-4-7(6)11/h7-8,11,13H,5-6H2,1-4H3;6-8,11H,3-4H2,1-2H3/t7-,8-;6-,7-/m11/s1. The predicted molar refractivity (Wildman–Crippen MR) is 97.8 cm³/mol. The van der Waals surface area contributed by atoms with Gasteiger partial charge in [0.2, 0.25) is 5.91 Å². The molecule has 2 heterocycles. The lowest BCUT2D eigenvalue weighted by atomic mass is 10.2. The summed E-state index contributed by atoms with van der Waals surface area (Å²) in [5.74, 6) is -0.00208. The summed E-state index contributed by atoms with van der Waals surface area (Å²) in [7, 11) is 3.48. The molecule has 0 aromatic heterocycles. The zero-order chi connectivity index (χ0) is 20.1. The summed E-state index contributed by atoms with van der Waals surface area (Å²) in [6.07, 6.45) is -1.29. The van der Waals surface area contributed by atoms with E-state index < -0.39 is 17.8 Å². The highest BCUT2D eigenvalue weighted by Gasteiger charge is 2.35. The Labute approximate surface area is 155 Å². The van der Waals surface area contributed by atoms with Crippen molar-refractivity contribution in [3.63, 3.8) is 0 Å². The molecule has 0 unspecified atom stereocenters. The molecule has 9 heteroatoms. The summed E-state index contributed by atoms with van der Waals surface area (Å²) in [6.45, 7) is 9.09. The number of β-amino-alcohol motifs (C(OH)–C–C–N with tert-alkyl or cyclic N) is 2. The van der Waals surface area contributed by atoms with Crippen molar-refractivity contribution < 1.29 is 24.5 Å². The predicted octanol–water partition coefficient (Wildman–Crippen LogP) is -1.02. The van der Waals surface area contributed by atoms with Gasteiger partial charge in [-0.1, -0.05) is 0 Å². The van der Waals surface area contributed by atoms with Gasteiger partial charge in [0.25, 0.3) is 0 Å². The maximum absolute atomic E-state index is 11.6. The summed E-state index contributed by atoms with van der Waals surface area (Å²) in [5, 5.41) is 24.9. The summed E-state index contributed by atoms with van der Waals surface area (Å²) in [5.41, 5.74) is -0.486. The number of nitrogens with zero attached hydrogens (tertiary/aromatic N) is 2. The van der Waals surface area contributed by atoms with Crippen molar-refractivity contribution in [1.82, 2.24) is 20.4 Å². The monoisotopic (exact) mass is 374 g/mol. The molecule has 0 aromatic rings. The van der Waals surface area contributed by atoms with E-state index in [1.165, 1.54) is 11.8 Å². The number of likely N-dealkylation sites (N-methyl/N-ethyl adjacent to an activating group) is 2. The van der Waals surface area contributed by atoms with Crippen molar-refractivity contribution in [2.75, 3.05) is 40.3 Å². The Bertz CT molecular complexity index is 482. The van der Waals surface area contributed by atoms with Crippen molar-refractivity contribution in [2.24, 2.45) is 0 Å². The van der Waals surface area contributed by atoms with E-state index in [9.17, 15) is 19.8 Å². The largest absolute Gasteiger partial charge is 0.444 e. The van der Waals surface area contributed by atoms with Crippen LogP contribution >= 0.6 is 0 Å². The van der Waals surface area contributed by atoms with Gasteiger partial charge in [-0.15, -0.1) is 0 Å². The fraction of sp³-hybridized carbons (Fsp3) is 0.882. The molecular weight excluding hydrogens is 340 g/mol. The zero-order valence-corrected chi connectivity index (χ0v) is 16.7. The number of amides is 2. The third kappa shape index (κ3) is 6.71. The Morgan fingerprint density at radius 2 is 1.81 bits per heavy atom. The van der Waals surface area contributed by atoms with Crippen molar-refractivity contribution in [2.45, 2.75) is 57.6 Å². The van der Waals surface area contributed by atoms with Crippen LogP contribution in [0.25, 0.3) is 0 Å². The second-order valence-corrected chi connectivity index (χ2v) is 7.77. The lowest BCUT2D eigenvalue weighted by Crippen LogP contribution is -2.43. The highest BCUT2D eigenvalue weighted by molar-refractivity contribution is 5.73. The molecular formula is C17H34N4O5. The Morgan fingerprint density at radius 1 is 1.19 bits per heavy atom. The van der Waals surface area contributed by atoms with Crippen molar-refractivity contribution in [1.29, 1.82) is 0 Å². The molecule has 4 N–H and O–H groups in total. The molecule has 0 aromatic carbocycles. The molecule has 0 bridgehead atoms. The Morgan fingerprint density at radius 3 is 2.19 bits per heavy atom. The van der Waals surface area contributed by atoms with E-state index in [2.05, 4.69) is 10.6 Å². The van der Waals surface area contributed by atoms with E-state index in [1.807, 2.05) is 20.8 Å². The molecule has 2 aliphatic heterocycles. The topological polar surface area (TPSA) is 114 Å². The fourth-order valence-electron chi connectivity index (χ4n) is 2.83. The first-order chi connectivity index (χ1) is 12.0. The molecule has 0 saturated carbocycles. The van der Waals surface area contributed by atoms with E-state index in [0.29, 0.717) is 26.2 Å². The van der Waals surface area contributed by atoms with Gasteiger partial charge in [-0.05, 0) is 27.8 Å². The van der Waals surface area contributed by atoms with Gasteiger partial charge in [0.1, 0.15) is 5.60 Å². The van der Waals surface area contributed by atoms with Crippen LogP contribution in [0.5, 0.6) is 0 Å². The minimum Gasteiger partial charge on any atom is -0.444 e. The first-order valence-electron chi connectivity index (χ1n) is 8.91. The molecule has 0 aliphatic carbocycles. The van der Waals surface area contributed by atoms with Gasteiger partial charge in [0.05, 0.1) is 30.8 Å².